The van der Waals surface area contributed by atoms with E-state index < -0.39 is 29.9 Å². The van der Waals surface area contributed by atoms with Crippen molar-refractivity contribution in [2.75, 3.05) is 5.32 Å². The zero-order chi connectivity index (χ0) is 20.0. The Morgan fingerprint density at radius 1 is 1.15 bits per heavy atom. The number of halogens is 3. The van der Waals surface area contributed by atoms with E-state index in [0.29, 0.717) is 0 Å². The highest BCUT2D eigenvalue weighted by Crippen LogP contribution is 2.24. The normalized spacial score (nSPS) is 12.3. The Morgan fingerprint density at radius 3 is 2.37 bits per heavy atom. The number of alkyl halides is 3. The molecule has 2 aromatic rings. The van der Waals surface area contributed by atoms with Crippen LogP contribution < -0.4 is 10.1 Å². The summed E-state index contributed by atoms with van der Waals surface area (Å²) < 4.78 is 40.1. The average molecular weight is 381 g/mol. The number of ether oxygens (including phenoxy) is 1. The van der Waals surface area contributed by atoms with Crippen LogP contribution in [0.1, 0.15) is 17.5 Å². The van der Waals surface area contributed by atoms with E-state index in [2.05, 4.69) is 10.1 Å². The molecule has 0 aliphatic heterocycles. The number of carboxylic acid groups (broad SMARTS) is 1. The van der Waals surface area contributed by atoms with Crippen LogP contribution in [0.5, 0.6) is 5.75 Å². The van der Waals surface area contributed by atoms with E-state index in [0.717, 1.165) is 23.3 Å². The number of carboxylic acids is 1. The molecule has 0 fully saturated rings. The Labute approximate surface area is 153 Å². The van der Waals surface area contributed by atoms with Gasteiger partial charge in [-0.1, -0.05) is 29.8 Å². The lowest BCUT2D eigenvalue weighted by Gasteiger charge is -2.13. The van der Waals surface area contributed by atoms with E-state index in [-0.39, 0.29) is 18.5 Å². The van der Waals surface area contributed by atoms with Gasteiger partial charge in [-0.15, -0.1) is 13.2 Å². The van der Waals surface area contributed by atoms with Crippen molar-refractivity contribution in [1.29, 1.82) is 0 Å². The number of nitrogens with one attached hydrogen (secondary N) is 1. The molecule has 0 saturated heterocycles. The highest BCUT2D eigenvalue weighted by Gasteiger charge is 2.31. The summed E-state index contributed by atoms with van der Waals surface area (Å²) in [5, 5.41) is 11.8. The SMILES string of the molecule is Cc1cccc(CC(CC(=O)Nc2ccc(OC(F)(F)F)cc2)C(=O)O)c1. The van der Waals surface area contributed by atoms with Crippen LogP contribution in [0.4, 0.5) is 18.9 Å². The van der Waals surface area contributed by atoms with Crippen LogP contribution in [0.25, 0.3) is 0 Å². The highest BCUT2D eigenvalue weighted by molar-refractivity contribution is 5.93. The third kappa shape index (κ3) is 7.01. The maximum atomic E-state index is 12.1. The predicted octanol–water partition coefficient (Wildman–Crippen LogP) is 4.17. The Hall–Kier alpha value is -3.03. The molecule has 0 heterocycles. The van der Waals surface area contributed by atoms with Crippen LogP contribution in [-0.4, -0.2) is 23.3 Å². The zero-order valence-electron chi connectivity index (χ0n) is 14.4. The Bertz CT molecular complexity index is 803. The molecule has 2 rings (SSSR count). The van der Waals surface area contributed by atoms with E-state index in [1.165, 1.54) is 12.1 Å². The molecule has 1 amide bonds. The van der Waals surface area contributed by atoms with Crippen LogP contribution >= 0.6 is 0 Å². The van der Waals surface area contributed by atoms with Crippen molar-refractivity contribution in [3.63, 3.8) is 0 Å². The fraction of sp³-hybridized carbons (Fsp3) is 0.263. The first-order valence-electron chi connectivity index (χ1n) is 8.06. The van der Waals surface area contributed by atoms with Crippen molar-refractivity contribution in [2.24, 2.45) is 5.92 Å². The molecule has 0 aliphatic rings. The van der Waals surface area contributed by atoms with E-state index in [1.807, 2.05) is 25.1 Å². The molecule has 5 nitrogen and oxygen atoms in total. The van der Waals surface area contributed by atoms with Gasteiger partial charge in [0.1, 0.15) is 5.75 Å². The molecule has 1 unspecified atom stereocenters. The number of aliphatic carboxylic acids is 1. The van der Waals surface area contributed by atoms with Gasteiger partial charge in [-0.25, -0.2) is 0 Å². The number of hydrogen-bond acceptors (Lipinski definition) is 3. The van der Waals surface area contributed by atoms with Gasteiger partial charge in [-0.3, -0.25) is 9.59 Å². The summed E-state index contributed by atoms with van der Waals surface area (Å²) >= 11 is 0. The first kappa shape index (κ1) is 20.3. The summed E-state index contributed by atoms with van der Waals surface area (Å²) in [7, 11) is 0. The first-order valence-corrected chi connectivity index (χ1v) is 8.06. The Kier molecular flexibility index (Phi) is 6.44. The number of benzene rings is 2. The molecule has 0 aromatic heterocycles. The highest BCUT2D eigenvalue weighted by atomic mass is 19.4. The van der Waals surface area contributed by atoms with E-state index in [9.17, 15) is 27.9 Å². The molecule has 1 atom stereocenters. The van der Waals surface area contributed by atoms with Crippen LogP contribution in [0.2, 0.25) is 0 Å². The number of amides is 1. The lowest BCUT2D eigenvalue weighted by Crippen LogP contribution is -2.24. The van der Waals surface area contributed by atoms with Crippen LogP contribution in [0.15, 0.2) is 48.5 Å². The monoisotopic (exact) mass is 381 g/mol. The average Bonchev–Trinajstić information content (AvgIpc) is 2.54. The fourth-order valence-corrected chi connectivity index (χ4v) is 2.55. The third-order valence-corrected chi connectivity index (χ3v) is 3.72. The minimum absolute atomic E-state index is 0.197. The predicted molar refractivity (Wildman–Crippen MR) is 92.4 cm³/mol. The number of aryl methyl sites for hydroxylation is 1. The summed E-state index contributed by atoms with van der Waals surface area (Å²) in [6.45, 7) is 1.89. The second-order valence-electron chi connectivity index (χ2n) is 6.05. The summed E-state index contributed by atoms with van der Waals surface area (Å²) in [4.78, 5) is 23.6. The van der Waals surface area contributed by atoms with Gasteiger partial charge < -0.3 is 15.2 Å². The Morgan fingerprint density at radius 2 is 1.81 bits per heavy atom. The molecule has 27 heavy (non-hydrogen) atoms. The lowest BCUT2D eigenvalue weighted by atomic mass is 9.95. The number of carbonyl (C=O) groups is 2. The van der Waals surface area contributed by atoms with Crippen molar-refractivity contribution in [3.8, 4) is 5.75 Å². The topological polar surface area (TPSA) is 75.6 Å². The number of carbonyl (C=O) groups excluding carboxylic acids is 1. The van der Waals surface area contributed by atoms with Crippen molar-refractivity contribution in [2.45, 2.75) is 26.1 Å². The second-order valence-corrected chi connectivity index (χ2v) is 6.05. The van der Waals surface area contributed by atoms with Gasteiger partial charge in [0.2, 0.25) is 5.91 Å². The van der Waals surface area contributed by atoms with Crippen LogP contribution in [0, 0.1) is 12.8 Å². The number of hydrogen-bond donors (Lipinski definition) is 2. The standard InChI is InChI=1S/C19H18F3NO4/c1-12-3-2-4-13(9-12)10-14(18(25)26)11-17(24)23-15-5-7-16(8-6-15)27-19(20,21)22/h2-9,14H,10-11H2,1H3,(H,23,24)(H,25,26). The molecule has 8 heteroatoms. The van der Waals surface area contributed by atoms with Gasteiger partial charge >= 0.3 is 12.3 Å². The minimum atomic E-state index is -4.80. The molecule has 0 spiro atoms. The molecule has 0 saturated carbocycles. The smallest absolute Gasteiger partial charge is 0.481 e. The molecular formula is C19H18F3NO4. The molecule has 2 N–H and O–H groups in total. The third-order valence-electron chi connectivity index (χ3n) is 3.72. The van der Waals surface area contributed by atoms with E-state index in [4.69, 9.17) is 0 Å². The Balaban J connectivity index is 1.96. The maximum Gasteiger partial charge on any atom is 0.573 e. The fourth-order valence-electron chi connectivity index (χ4n) is 2.55. The lowest BCUT2D eigenvalue weighted by molar-refractivity contribution is -0.274. The van der Waals surface area contributed by atoms with Gasteiger partial charge in [-0.2, -0.15) is 0 Å². The van der Waals surface area contributed by atoms with E-state index >= 15 is 0 Å². The first-order chi connectivity index (χ1) is 12.6. The van der Waals surface area contributed by atoms with Crippen LogP contribution in [0.3, 0.4) is 0 Å². The maximum absolute atomic E-state index is 12.1. The van der Waals surface area contributed by atoms with Gasteiger partial charge in [0.25, 0.3) is 0 Å². The molecule has 144 valence electrons. The quantitative estimate of drug-likeness (QED) is 0.755. The summed E-state index contributed by atoms with van der Waals surface area (Å²) in [5.41, 5.74) is 2.04. The van der Waals surface area contributed by atoms with Gasteiger partial charge in [-0.05, 0) is 43.2 Å². The van der Waals surface area contributed by atoms with Crippen molar-refractivity contribution in [3.05, 3.63) is 59.7 Å². The van der Waals surface area contributed by atoms with Crippen molar-refractivity contribution < 1.29 is 32.6 Å². The van der Waals surface area contributed by atoms with E-state index in [1.54, 1.807) is 6.07 Å². The minimum Gasteiger partial charge on any atom is -0.481 e. The van der Waals surface area contributed by atoms with Gasteiger partial charge in [0.15, 0.2) is 0 Å². The summed E-state index contributed by atoms with van der Waals surface area (Å²) in [5.74, 6) is -2.97. The van der Waals surface area contributed by atoms with Gasteiger partial charge in [0.05, 0.1) is 5.92 Å². The van der Waals surface area contributed by atoms with Crippen molar-refractivity contribution >= 4 is 17.6 Å². The van der Waals surface area contributed by atoms with Crippen LogP contribution in [-0.2, 0) is 16.0 Å². The molecule has 2 aromatic carbocycles. The molecule has 0 bridgehead atoms. The summed E-state index contributed by atoms with van der Waals surface area (Å²) in [6, 6.07) is 12.0. The number of rotatable bonds is 7. The van der Waals surface area contributed by atoms with Gasteiger partial charge in [0, 0.05) is 12.1 Å². The molecule has 0 radical (unpaired) electrons. The largest absolute Gasteiger partial charge is 0.573 e. The molecular weight excluding hydrogens is 363 g/mol. The van der Waals surface area contributed by atoms with Crippen molar-refractivity contribution in [1.82, 2.24) is 0 Å². The second kappa shape index (κ2) is 8.57. The molecule has 0 aliphatic carbocycles. The number of anilines is 1. The summed E-state index contributed by atoms with van der Waals surface area (Å²) in [6.07, 6.45) is -4.86. The zero-order valence-corrected chi connectivity index (χ0v) is 14.4.